The van der Waals surface area contributed by atoms with E-state index in [1.54, 1.807) is 6.92 Å². The number of sulfone groups is 1. The van der Waals surface area contributed by atoms with Gasteiger partial charge in [0.2, 0.25) is 5.91 Å². The Morgan fingerprint density at radius 1 is 1.32 bits per heavy atom. The van der Waals surface area contributed by atoms with Gasteiger partial charge >= 0.3 is 0 Å². The van der Waals surface area contributed by atoms with E-state index in [-0.39, 0.29) is 17.7 Å². The zero-order valence-corrected chi connectivity index (χ0v) is 14.3. The first-order chi connectivity index (χ1) is 10.3. The Morgan fingerprint density at radius 3 is 2.55 bits per heavy atom. The lowest BCUT2D eigenvalue weighted by molar-refractivity contribution is -0.135. The number of benzene rings is 1. The summed E-state index contributed by atoms with van der Waals surface area (Å²) in [7, 11) is -3.12. The Hall–Kier alpha value is -1.36. The van der Waals surface area contributed by atoms with Gasteiger partial charge in [-0.2, -0.15) is 0 Å². The van der Waals surface area contributed by atoms with Crippen molar-refractivity contribution in [2.75, 3.05) is 18.6 Å². The van der Waals surface area contributed by atoms with Gasteiger partial charge in [-0.1, -0.05) is 37.3 Å². The third kappa shape index (κ3) is 4.32. The molecule has 0 N–H and O–H groups in total. The maximum absolute atomic E-state index is 12.5. The summed E-state index contributed by atoms with van der Waals surface area (Å²) in [6.45, 7) is 4.51. The van der Waals surface area contributed by atoms with Crippen molar-refractivity contribution in [1.82, 2.24) is 4.90 Å². The van der Waals surface area contributed by atoms with Crippen molar-refractivity contribution in [1.29, 1.82) is 0 Å². The molecule has 1 aliphatic heterocycles. The van der Waals surface area contributed by atoms with Gasteiger partial charge in [0.15, 0.2) is 0 Å². The second kappa shape index (κ2) is 6.82. The van der Waals surface area contributed by atoms with Crippen LogP contribution in [0.25, 0.3) is 0 Å². The van der Waals surface area contributed by atoms with Gasteiger partial charge in [0.25, 0.3) is 0 Å². The van der Waals surface area contributed by atoms with Crippen LogP contribution in [0.1, 0.15) is 25.8 Å². The predicted molar refractivity (Wildman–Crippen MR) is 88.3 cm³/mol. The van der Waals surface area contributed by atoms with Crippen LogP contribution in [0.3, 0.4) is 0 Å². The second-order valence-electron chi connectivity index (χ2n) is 6.50. The highest BCUT2D eigenvalue weighted by molar-refractivity contribution is 7.90. The first-order valence-corrected chi connectivity index (χ1v) is 9.86. The highest BCUT2D eigenvalue weighted by Gasteiger charge is 2.36. The van der Waals surface area contributed by atoms with E-state index in [4.69, 9.17) is 0 Å². The predicted octanol–water partition coefficient (Wildman–Crippen LogP) is 2.15. The quantitative estimate of drug-likeness (QED) is 0.834. The van der Waals surface area contributed by atoms with Crippen molar-refractivity contribution in [3.05, 3.63) is 35.9 Å². The first-order valence-electron chi connectivity index (χ1n) is 7.80. The molecule has 5 heteroatoms. The lowest BCUT2D eigenvalue weighted by Gasteiger charge is -2.27. The fraction of sp³-hybridized carbons (Fsp3) is 0.588. The van der Waals surface area contributed by atoms with Gasteiger partial charge in [-0.15, -0.1) is 0 Å². The summed E-state index contributed by atoms with van der Waals surface area (Å²) in [5.41, 5.74) is 1.29. The minimum atomic E-state index is -3.12. The molecular weight excluding hydrogens is 298 g/mol. The minimum absolute atomic E-state index is 0.0338. The molecule has 122 valence electrons. The summed E-state index contributed by atoms with van der Waals surface area (Å²) >= 11 is 0. The number of carbonyl (C=O) groups is 1. The van der Waals surface area contributed by atoms with Gasteiger partial charge in [-0.3, -0.25) is 4.79 Å². The molecule has 22 heavy (non-hydrogen) atoms. The van der Waals surface area contributed by atoms with E-state index in [9.17, 15) is 13.2 Å². The molecule has 0 bridgehead atoms. The van der Waals surface area contributed by atoms with Crippen molar-refractivity contribution in [2.24, 2.45) is 11.8 Å². The van der Waals surface area contributed by atoms with Crippen molar-refractivity contribution in [3.8, 4) is 0 Å². The van der Waals surface area contributed by atoms with Crippen LogP contribution < -0.4 is 0 Å². The molecule has 0 spiro atoms. The number of likely N-dealkylation sites (tertiary alicyclic amines) is 1. The molecule has 1 aliphatic rings. The Bertz CT molecular complexity index is 612. The van der Waals surface area contributed by atoms with Crippen LogP contribution in [-0.2, 0) is 21.1 Å². The molecule has 1 fully saturated rings. The maximum Gasteiger partial charge on any atom is 0.226 e. The number of amides is 1. The van der Waals surface area contributed by atoms with Crippen LogP contribution in [0.2, 0.25) is 0 Å². The lowest BCUT2D eigenvalue weighted by Crippen LogP contribution is -2.41. The van der Waals surface area contributed by atoms with Crippen LogP contribution in [-0.4, -0.2) is 43.8 Å². The summed E-state index contributed by atoms with van der Waals surface area (Å²) in [5.74, 6) is -0.128. The van der Waals surface area contributed by atoms with E-state index in [1.807, 2.05) is 23.1 Å². The third-order valence-corrected chi connectivity index (χ3v) is 5.62. The summed E-state index contributed by atoms with van der Waals surface area (Å²) in [6, 6.07) is 10.5. The molecule has 3 atom stereocenters. The average molecular weight is 323 g/mol. The molecule has 0 aliphatic carbocycles. The van der Waals surface area contributed by atoms with Crippen molar-refractivity contribution < 1.29 is 13.2 Å². The number of hydrogen-bond acceptors (Lipinski definition) is 3. The van der Waals surface area contributed by atoms with Gasteiger partial charge < -0.3 is 4.90 Å². The largest absolute Gasteiger partial charge is 0.339 e. The molecule has 1 amide bonds. The Morgan fingerprint density at radius 2 is 1.95 bits per heavy atom. The monoisotopic (exact) mass is 323 g/mol. The standard InChI is InChI=1S/C17H25NO3S/c1-13(12-22(3,20)21)17(19)18-10-9-16(14(18)2)11-15-7-5-4-6-8-15/h4-8,13-14,16H,9-12H2,1-3H3/t13-,14-,16+/m1/s1. The number of rotatable bonds is 5. The normalized spacial score (nSPS) is 23.5. The maximum atomic E-state index is 12.5. The summed E-state index contributed by atoms with van der Waals surface area (Å²) in [5, 5.41) is 0. The van der Waals surface area contributed by atoms with Crippen LogP contribution in [0.5, 0.6) is 0 Å². The molecule has 4 nitrogen and oxygen atoms in total. The fourth-order valence-electron chi connectivity index (χ4n) is 3.31. The molecular formula is C17H25NO3S. The van der Waals surface area contributed by atoms with E-state index < -0.39 is 15.8 Å². The minimum Gasteiger partial charge on any atom is -0.339 e. The van der Waals surface area contributed by atoms with Gasteiger partial charge in [0, 0.05) is 24.8 Å². The highest BCUT2D eigenvalue weighted by atomic mass is 32.2. The summed E-state index contributed by atoms with van der Waals surface area (Å²) < 4.78 is 22.8. The zero-order valence-electron chi connectivity index (χ0n) is 13.5. The molecule has 0 unspecified atom stereocenters. The lowest BCUT2D eigenvalue weighted by atomic mass is 9.93. The molecule has 1 saturated heterocycles. The van der Waals surface area contributed by atoms with E-state index in [0.29, 0.717) is 5.92 Å². The van der Waals surface area contributed by atoms with Crippen LogP contribution >= 0.6 is 0 Å². The molecule has 0 radical (unpaired) electrons. The van der Waals surface area contributed by atoms with Gasteiger partial charge in [-0.05, 0) is 31.2 Å². The van der Waals surface area contributed by atoms with Crippen LogP contribution in [0.15, 0.2) is 30.3 Å². The highest BCUT2D eigenvalue weighted by Crippen LogP contribution is 2.28. The second-order valence-corrected chi connectivity index (χ2v) is 8.69. The van der Waals surface area contributed by atoms with Crippen LogP contribution in [0.4, 0.5) is 0 Å². The SMILES string of the molecule is C[C@H](CS(C)(=O)=O)C(=O)N1CC[C@@H](Cc2ccccc2)[C@H]1C. The zero-order chi connectivity index (χ0) is 16.3. The Labute approximate surface area is 133 Å². The van der Waals surface area contributed by atoms with E-state index in [1.165, 1.54) is 11.8 Å². The molecule has 0 saturated carbocycles. The summed E-state index contributed by atoms with van der Waals surface area (Å²) in [4.78, 5) is 14.4. The van der Waals surface area contributed by atoms with E-state index >= 15 is 0 Å². The average Bonchev–Trinajstić information content (AvgIpc) is 2.79. The topological polar surface area (TPSA) is 54.5 Å². The molecule has 1 heterocycles. The number of carbonyl (C=O) groups excluding carboxylic acids is 1. The van der Waals surface area contributed by atoms with Crippen molar-refractivity contribution in [3.63, 3.8) is 0 Å². The molecule has 0 aromatic heterocycles. The van der Waals surface area contributed by atoms with E-state index in [2.05, 4.69) is 19.1 Å². The fourth-order valence-corrected chi connectivity index (χ4v) is 4.36. The van der Waals surface area contributed by atoms with Crippen LogP contribution in [0, 0.1) is 11.8 Å². The Kier molecular flexibility index (Phi) is 5.27. The number of nitrogens with zero attached hydrogens (tertiary/aromatic N) is 1. The van der Waals surface area contributed by atoms with Gasteiger partial charge in [-0.25, -0.2) is 8.42 Å². The van der Waals surface area contributed by atoms with Gasteiger partial charge in [0.05, 0.1) is 5.75 Å². The number of hydrogen-bond donors (Lipinski definition) is 0. The van der Waals surface area contributed by atoms with E-state index in [0.717, 1.165) is 19.4 Å². The van der Waals surface area contributed by atoms with Gasteiger partial charge in [0.1, 0.15) is 9.84 Å². The smallest absolute Gasteiger partial charge is 0.226 e. The molecule has 2 rings (SSSR count). The Balaban J connectivity index is 1.98. The first kappa shape index (κ1) is 17.0. The molecule has 1 aromatic carbocycles. The summed E-state index contributed by atoms with van der Waals surface area (Å²) in [6.07, 6.45) is 3.13. The van der Waals surface area contributed by atoms with Crippen molar-refractivity contribution >= 4 is 15.7 Å². The third-order valence-electron chi connectivity index (χ3n) is 4.51. The molecule has 1 aromatic rings. The van der Waals surface area contributed by atoms with Crippen molar-refractivity contribution in [2.45, 2.75) is 32.7 Å².